The molecule has 1 aliphatic heterocycles. The molecule has 0 bridgehead atoms. The van der Waals surface area contributed by atoms with E-state index in [1.54, 1.807) is 6.20 Å². The number of aromatic amines is 1. The van der Waals surface area contributed by atoms with Crippen molar-refractivity contribution in [2.24, 2.45) is 0 Å². The highest BCUT2D eigenvalue weighted by Crippen LogP contribution is 2.25. The first-order chi connectivity index (χ1) is 14.3. The van der Waals surface area contributed by atoms with Gasteiger partial charge in [-0.05, 0) is 42.2 Å². The minimum absolute atomic E-state index is 0.258. The summed E-state index contributed by atoms with van der Waals surface area (Å²) in [6.07, 6.45) is 3.08. The molecule has 1 aliphatic rings. The lowest BCUT2D eigenvalue weighted by atomic mass is 9.97. The monoisotopic (exact) mass is 395 g/mol. The molecule has 0 saturated carbocycles. The fourth-order valence-electron chi connectivity index (χ4n) is 3.40. The number of benzene rings is 2. The molecule has 1 unspecified atom stereocenters. The molecule has 2 heterocycles. The van der Waals surface area contributed by atoms with E-state index < -0.39 is 6.09 Å². The number of carbonyl (C=O) groups is 1. The van der Waals surface area contributed by atoms with Crippen molar-refractivity contribution in [2.75, 3.05) is 26.4 Å². The van der Waals surface area contributed by atoms with Crippen LogP contribution in [0.5, 0.6) is 5.75 Å². The topological polar surface area (TPSA) is 85.5 Å². The number of hydrogen-bond acceptors (Lipinski definition) is 5. The van der Waals surface area contributed by atoms with Crippen LogP contribution < -0.4 is 10.1 Å². The summed E-state index contributed by atoms with van der Waals surface area (Å²) in [5.74, 6) is 1.23. The zero-order valence-electron chi connectivity index (χ0n) is 16.2. The Morgan fingerprint density at radius 2 is 2.24 bits per heavy atom. The minimum Gasteiger partial charge on any atom is -0.494 e. The first-order valence-electron chi connectivity index (χ1n) is 9.91. The summed E-state index contributed by atoms with van der Waals surface area (Å²) >= 11 is 0. The number of rotatable bonds is 8. The molecule has 0 radical (unpaired) electrons. The average molecular weight is 395 g/mol. The highest BCUT2D eigenvalue weighted by molar-refractivity contribution is 5.79. The van der Waals surface area contributed by atoms with Crippen LogP contribution in [0.25, 0.3) is 10.9 Å². The van der Waals surface area contributed by atoms with Crippen LogP contribution in [0, 0.1) is 0 Å². The predicted octanol–water partition coefficient (Wildman–Crippen LogP) is 3.76. The van der Waals surface area contributed by atoms with Crippen molar-refractivity contribution in [3.05, 3.63) is 59.8 Å². The maximum Gasteiger partial charge on any atom is 0.407 e. The van der Waals surface area contributed by atoms with Gasteiger partial charge in [0.1, 0.15) is 12.4 Å². The van der Waals surface area contributed by atoms with E-state index in [0.29, 0.717) is 25.5 Å². The maximum absolute atomic E-state index is 11.9. The number of nitrogens with one attached hydrogen (secondary N) is 2. The zero-order valence-corrected chi connectivity index (χ0v) is 16.2. The summed E-state index contributed by atoms with van der Waals surface area (Å²) in [5.41, 5.74) is 3.21. The van der Waals surface area contributed by atoms with E-state index in [-0.39, 0.29) is 6.61 Å². The van der Waals surface area contributed by atoms with Crippen LogP contribution in [0.15, 0.2) is 48.7 Å². The summed E-state index contributed by atoms with van der Waals surface area (Å²) in [5, 5.41) is 10.7. The minimum atomic E-state index is -0.417. The molecular formula is C22H25N3O4. The van der Waals surface area contributed by atoms with E-state index in [1.165, 1.54) is 5.56 Å². The van der Waals surface area contributed by atoms with Gasteiger partial charge in [-0.15, -0.1) is 0 Å². The molecule has 1 amide bonds. The van der Waals surface area contributed by atoms with E-state index in [0.717, 1.165) is 41.9 Å². The predicted molar refractivity (Wildman–Crippen MR) is 109 cm³/mol. The van der Waals surface area contributed by atoms with Gasteiger partial charge >= 0.3 is 6.09 Å². The molecule has 2 aromatic carbocycles. The third-order valence-corrected chi connectivity index (χ3v) is 4.99. The summed E-state index contributed by atoms with van der Waals surface area (Å²) in [6, 6.07) is 13.9. The van der Waals surface area contributed by atoms with E-state index in [2.05, 4.69) is 27.6 Å². The Morgan fingerprint density at radius 3 is 3.14 bits per heavy atom. The Morgan fingerprint density at radius 1 is 1.28 bits per heavy atom. The molecular weight excluding hydrogens is 370 g/mol. The van der Waals surface area contributed by atoms with Crippen molar-refractivity contribution in [1.82, 2.24) is 15.5 Å². The Balaban J connectivity index is 1.13. The molecule has 0 spiro atoms. The number of hydrogen-bond donors (Lipinski definition) is 2. The van der Waals surface area contributed by atoms with Gasteiger partial charge in [0.05, 0.1) is 24.9 Å². The lowest BCUT2D eigenvalue weighted by molar-refractivity contribution is 0.139. The fraction of sp³-hybridized carbons (Fsp3) is 0.364. The van der Waals surface area contributed by atoms with Crippen LogP contribution in [0.3, 0.4) is 0 Å². The smallest absolute Gasteiger partial charge is 0.407 e. The van der Waals surface area contributed by atoms with Crippen LogP contribution in [-0.4, -0.2) is 42.7 Å². The first kappa shape index (κ1) is 19.3. The zero-order chi connectivity index (χ0) is 19.9. The van der Waals surface area contributed by atoms with E-state index in [1.807, 2.05) is 30.3 Å². The molecule has 1 fully saturated rings. The van der Waals surface area contributed by atoms with Gasteiger partial charge in [0.25, 0.3) is 0 Å². The standard InChI is InChI=1S/C22H25N3O4/c26-22(29-14-16-3-1-4-17(11-16)18-7-10-27-15-18)23-8-2-9-28-20-5-6-21-19(12-20)13-24-25-21/h1,3-6,11-13,18H,2,7-10,14-15H2,(H,23,26)(H,24,25). The Labute approximate surface area is 169 Å². The summed E-state index contributed by atoms with van der Waals surface area (Å²) in [4.78, 5) is 11.9. The number of fused-ring (bicyclic) bond motifs is 1. The van der Waals surface area contributed by atoms with Crippen molar-refractivity contribution in [3.8, 4) is 5.75 Å². The molecule has 7 heteroatoms. The number of nitrogens with zero attached hydrogens (tertiary/aromatic N) is 1. The van der Waals surface area contributed by atoms with Gasteiger partial charge in [0.15, 0.2) is 0 Å². The van der Waals surface area contributed by atoms with Gasteiger partial charge in [-0.1, -0.05) is 24.3 Å². The number of H-pyrrole nitrogens is 1. The maximum atomic E-state index is 11.9. The van der Waals surface area contributed by atoms with Gasteiger partial charge in [-0.3, -0.25) is 5.10 Å². The van der Waals surface area contributed by atoms with Gasteiger partial charge in [-0.25, -0.2) is 4.79 Å². The van der Waals surface area contributed by atoms with Gasteiger partial charge in [0.2, 0.25) is 0 Å². The SMILES string of the molecule is O=C(NCCCOc1ccc2[nH]ncc2c1)OCc1cccc(C2CCOC2)c1. The summed E-state index contributed by atoms with van der Waals surface area (Å²) in [6.45, 7) is 2.84. The molecule has 4 rings (SSSR count). The molecule has 152 valence electrons. The number of carbonyl (C=O) groups excluding carboxylic acids is 1. The second-order valence-corrected chi connectivity index (χ2v) is 7.13. The molecule has 1 aromatic heterocycles. The molecule has 2 N–H and O–H groups in total. The number of aromatic nitrogens is 2. The molecule has 7 nitrogen and oxygen atoms in total. The largest absolute Gasteiger partial charge is 0.494 e. The van der Waals surface area contributed by atoms with Crippen LogP contribution in [0.1, 0.15) is 29.9 Å². The van der Waals surface area contributed by atoms with Crippen molar-refractivity contribution < 1.29 is 19.0 Å². The quantitative estimate of drug-likeness (QED) is 0.567. The van der Waals surface area contributed by atoms with Crippen LogP contribution in [-0.2, 0) is 16.1 Å². The van der Waals surface area contributed by atoms with Gasteiger partial charge in [-0.2, -0.15) is 5.10 Å². The van der Waals surface area contributed by atoms with Gasteiger partial charge in [0, 0.05) is 24.5 Å². The van der Waals surface area contributed by atoms with Crippen molar-refractivity contribution >= 4 is 17.0 Å². The molecule has 3 aromatic rings. The van der Waals surface area contributed by atoms with E-state index in [4.69, 9.17) is 14.2 Å². The van der Waals surface area contributed by atoms with Crippen molar-refractivity contribution in [3.63, 3.8) is 0 Å². The number of amides is 1. The summed E-state index contributed by atoms with van der Waals surface area (Å²) < 4.78 is 16.5. The van der Waals surface area contributed by atoms with E-state index >= 15 is 0 Å². The molecule has 0 aliphatic carbocycles. The first-order valence-corrected chi connectivity index (χ1v) is 9.91. The fourth-order valence-corrected chi connectivity index (χ4v) is 3.40. The summed E-state index contributed by atoms with van der Waals surface area (Å²) in [7, 11) is 0. The molecule has 1 saturated heterocycles. The van der Waals surface area contributed by atoms with Crippen molar-refractivity contribution in [2.45, 2.75) is 25.4 Å². The Hall–Kier alpha value is -3.06. The van der Waals surface area contributed by atoms with E-state index in [9.17, 15) is 4.79 Å². The second-order valence-electron chi connectivity index (χ2n) is 7.13. The Kier molecular flexibility index (Phi) is 6.26. The van der Waals surface area contributed by atoms with Crippen LogP contribution in [0.2, 0.25) is 0 Å². The lowest BCUT2D eigenvalue weighted by Gasteiger charge is -2.11. The number of alkyl carbamates (subject to hydrolysis) is 1. The van der Waals surface area contributed by atoms with Crippen molar-refractivity contribution in [1.29, 1.82) is 0 Å². The molecule has 29 heavy (non-hydrogen) atoms. The van der Waals surface area contributed by atoms with Gasteiger partial charge < -0.3 is 19.5 Å². The lowest BCUT2D eigenvalue weighted by Crippen LogP contribution is -2.26. The molecule has 1 atom stereocenters. The normalized spacial score (nSPS) is 16.1. The highest BCUT2D eigenvalue weighted by Gasteiger charge is 2.17. The third-order valence-electron chi connectivity index (χ3n) is 4.99. The van der Waals surface area contributed by atoms with Crippen LogP contribution >= 0.6 is 0 Å². The highest BCUT2D eigenvalue weighted by atomic mass is 16.5. The number of ether oxygens (including phenoxy) is 3. The second kappa shape index (κ2) is 9.43. The Bertz CT molecular complexity index is 950. The third kappa shape index (κ3) is 5.26. The van der Waals surface area contributed by atoms with Crippen LogP contribution in [0.4, 0.5) is 4.79 Å². The average Bonchev–Trinajstić information content (AvgIpc) is 3.44.